The highest BCUT2D eigenvalue weighted by Gasteiger charge is 2.43. The van der Waals surface area contributed by atoms with Gasteiger partial charge in [0.2, 0.25) is 0 Å². The average Bonchev–Trinajstić information content (AvgIpc) is 2.24. The van der Waals surface area contributed by atoms with Gasteiger partial charge in [-0.25, -0.2) is 0 Å². The Hall–Kier alpha value is -0.520. The summed E-state index contributed by atoms with van der Waals surface area (Å²) in [6.45, 7) is 7.44. The second-order valence-electron chi connectivity index (χ2n) is 5.55. The number of hydrogen-bond donors (Lipinski definition) is 1. The van der Waals surface area contributed by atoms with Crippen LogP contribution in [0.15, 0.2) is 0 Å². The van der Waals surface area contributed by atoms with Gasteiger partial charge in [-0.05, 0) is 45.1 Å². The fraction of sp³-hybridized carbons (Fsp3) is 0.857. The van der Waals surface area contributed by atoms with Crippen LogP contribution >= 0.6 is 0 Å². The normalized spacial score (nSPS) is 24.7. The highest BCUT2D eigenvalue weighted by Crippen LogP contribution is 2.43. The van der Waals surface area contributed by atoms with Crippen LogP contribution in [0.4, 0.5) is 0 Å². The topological polar surface area (TPSA) is 21.3 Å². The first-order chi connectivity index (χ1) is 7.49. The third kappa shape index (κ3) is 2.78. The second-order valence-corrected chi connectivity index (χ2v) is 5.55. The highest BCUT2D eigenvalue weighted by atomic mass is 16.5. The lowest BCUT2D eigenvalue weighted by Gasteiger charge is -2.46. The van der Waals surface area contributed by atoms with E-state index in [1.54, 1.807) is 0 Å². The third-order valence-corrected chi connectivity index (χ3v) is 3.86. The molecule has 1 aliphatic carbocycles. The number of hydrogen-bond acceptors (Lipinski definition) is 2. The van der Waals surface area contributed by atoms with Crippen molar-refractivity contribution in [1.82, 2.24) is 5.32 Å². The Morgan fingerprint density at radius 2 is 1.88 bits per heavy atom. The molecule has 0 aromatic rings. The largest absolute Gasteiger partial charge is 0.373 e. The number of terminal acetylenes is 1. The lowest BCUT2D eigenvalue weighted by atomic mass is 9.68. The van der Waals surface area contributed by atoms with Crippen molar-refractivity contribution in [3.05, 3.63) is 0 Å². The van der Waals surface area contributed by atoms with E-state index >= 15 is 0 Å². The minimum Gasteiger partial charge on any atom is -0.373 e. The van der Waals surface area contributed by atoms with Crippen LogP contribution in [-0.2, 0) is 4.74 Å². The van der Waals surface area contributed by atoms with E-state index in [0.29, 0.717) is 5.41 Å². The molecule has 0 spiro atoms. The first kappa shape index (κ1) is 13.5. The molecule has 1 rings (SSSR count). The Bertz CT molecular complexity index is 254. The van der Waals surface area contributed by atoms with Gasteiger partial charge in [0.1, 0.15) is 0 Å². The molecule has 0 saturated heterocycles. The summed E-state index contributed by atoms with van der Waals surface area (Å²) in [5, 5.41) is 3.21. The first-order valence-electron chi connectivity index (χ1n) is 6.27. The van der Waals surface area contributed by atoms with E-state index < -0.39 is 0 Å². The van der Waals surface area contributed by atoms with E-state index in [-0.39, 0.29) is 11.6 Å². The van der Waals surface area contributed by atoms with Crippen LogP contribution in [0.2, 0.25) is 0 Å². The van der Waals surface area contributed by atoms with E-state index in [1.165, 1.54) is 12.8 Å². The fourth-order valence-corrected chi connectivity index (χ4v) is 2.65. The van der Waals surface area contributed by atoms with Crippen molar-refractivity contribution in [3.8, 4) is 12.3 Å². The zero-order valence-corrected chi connectivity index (χ0v) is 11.1. The summed E-state index contributed by atoms with van der Waals surface area (Å²) >= 11 is 0. The molecule has 1 N–H and O–H groups in total. The van der Waals surface area contributed by atoms with Crippen molar-refractivity contribution in [2.75, 3.05) is 13.7 Å². The van der Waals surface area contributed by atoms with Crippen molar-refractivity contribution in [3.63, 3.8) is 0 Å². The van der Waals surface area contributed by atoms with Crippen LogP contribution in [0.1, 0.15) is 46.5 Å². The molecule has 1 unspecified atom stereocenters. The summed E-state index contributed by atoms with van der Waals surface area (Å²) in [4.78, 5) is 0. The number of ether oxygens (including phenoxy) is 1. The lowest BCUT2D eigenvalue weighted by molar-refractivity contribution is -0.0937. The van der Waals surface area contributed by atoms with Gasteiger partial charge in [-0.2, -0.15) is 0 Å². The summed E-state index contributed by atoms with van der Waals surface area (Å²) in [5.74, 6) is 2.84. The van der Waals surface area contributed by atoms with E-state index in [4.69, 9.17) is 11.2 Å². The zero-order chi connectivity index (χ0) is 12.2. The summed E-state index contributed by atoms with van der Waals surface area (Å²) in [6, 6.07) is 0.0311. The van der Waals surface area contributed by atoms with Crippen molar-refractivity contribution in [2.45, 2.75) is 58.1 Å². The summed E-state index contributed by atoms with van der Waals surface area (Å²) in [6.07, 6.45) is 10.1. The molecule has 0 heterocycles. The molecular formula is C14H25NO. The molecule has 0 radical (unpaired) electrons. The molecule has 0 bridgehead atoms. The van der Waals surface area contributed by atoms with Crippen LogP contribution in [0.25, 0.3) is 0 Å². The van der Waals surface area contributed by atoms with Gasteiger partial charge in [-0.15, -0.1) is 6.42 Å². The summed E-state index contributed by atoms with van der Waals surface area (Å²) < 4.78 is 6.00. The summed E-state index contributed by atoms with van der Waals surface area (Å²) in [5.41, 5.74) is 0.293. The maximum atomic E-state index is 6.00. The van der Waals surface area contributed by atoms with E-state index in [9.17, 15) is 0 Å². The molecule has 0 aromatic carbocycles. The monoisotopic (exact) mass is 223 g/mol. The van der Waals surface area contributed by atoms with E-state index in [0.717, 1.165) is 19.4 Å². The predicted octanol–water partition coefficient (Wildman–Crippen LogP) is 2.58. The minimum atomic E-state index is -0.145. The third-order valence-electron chi connectivity index (χ3n) is 3.86. The summed E-state index contributed by atoms with van der Waals surface area (Å²) in [7, 11) is 1.92. The molecule has 92 valence electrons. The van der Waals surface area contributed by atoms with Crippen molar-refractivity contribution in [2.24, 2.45) is 5.41 Å². The van der Waals surface area contributed by atoms with Crippen LogP contribution in [-0.4, -0.2) is 25.3 Å². The number of rotatable bonds is 4. The molecule has 1 aliphatic rings. The lowest BCUT2D eigenvalue weighted by Crippen LogP contribution is -2.53. The Balaban J connectivity index is 2.80. The molecule has 2 heteroatoms. The van der Waals surface area contributed by atoms with Crippen molar-refractivity contribution in [1.29, 1.82) is 0 Å². The van der Waals surface area contributed by atoms with Crippen molar-refractivity contribution >= 4 is 0 Å². The Morgan fingerprint density at radius 1 is 1.31 bits per heavy atom. The van der Waals surface area contributed by atoms with Gasteiger partial charge >= 0.3 is 0 Å². The maximum Gasteiger partial charge on any atom is 0.0978 e. The fourth-order valence-electron chi connectivity index (χ4n) is 2.65. The van der Waals surface area contributed by atoms with Crippen LogP contribution in [0.3, 0.4) is 0 Å². The zero-order valence-electron chi connectivity index (χ0n) is 11.1. The highest BCUT2D eigenvalue weighted by molar-refractivity contribution is 5.12. The molecule has 0 aliphatic heterocycles. The maximum absolute atomic E-state index is 6.00. The smallest absolute Gasteiger partial charge is 0.0978 e. The molecule has 1 fully saturated rings. The van der Waals surface area contributed by atoms with Gasteiger partial charge in [-0.1, -0.05) is 19.8 Å². The van der Waals surface area contributed by atoms with Gasteiger partial charge in [0, 0.05) is 6.61 Å². The van der Waals surface area contributed by atoms with E-state index in [2.05, 4.69) is 25.1 Å². The SMILES string of the molecule is C#CC(NC)C1(OCC)CCC(C)(C)CC1. The minimum absolute atomic E-state index is 0.0311. The predicted molar refractivity (Wildman–Crippen MR) is 68.3 cm³/mol. The molecule has 1 atom stereocenters. The second kappa shape index (κ2) is 5.21. The molecule has 2 nitrogen and oxygen atoms in total. The Morgan fingerprint density at radius 3 is 2.25 bits per heavy atom. The first-order valence-corrected chi connectivity index (χ1v) is 6.27. The van der Waals surface area contributed by atoms with E-state index in [1.807, 2.05) is 14.0 Å². The molecule has 1 saturated carbocycles. The molecule has 0 aromatic heterocycles. The standard InChI is InChI=1S/C14H25NO/c1-6-12(15-5)14(16-7-2)10-8-13(3,4)9-11-14/h1,12,15H,7-11H2,2-5H3. The molecule has 16 heavy (non-hydrogen) atoms. The Labute approximate surface area is 100 Å². The van der Waals surface area contributed by atoms with Gasteiger partial charge in [0.15, 0.2) is 0 Å². The van der Waals surface area contributed by atoms with Crippen LogP contribution < -0.4 is 5.32 Å². The van der Waals surface area contributed by atoms with Gasteiger partial charge in [0.05, 0.1) is 11.6 Å². The quantitative estimate of drug-likeness (QED) is 0.740. The molecular weight excluding hydrogens is 198 g/mol. The van der Waals surface area contributed by atoms with Gasteiger partial charge in [-0.3, -0.25) is 0 Å². The van der Waals surface area contributed by atoms with Crippen LogP contribution in [0.5, 0.6) is 0 Å². The average molecular weight is 223 g/mol. The van der Waals surface area contributed by atoms with Gasteiger partial charge < -0.3 is 10.1 Å². The van der Waals surface area contributed by atoms with Gasteiger partial charge in [0.25, 0.3) is 0 Å². The Kier molecular flexibility index (Phi) is 4.41. The number of nitrogens with one attached hydrogen (secondary N) is 1. The van der Waals surface area contributed by atoms with Crippen LogP contribution in [0, 0.1) is 17.8 Å². The van der Waals surface area contributed by atoms with Crippen molar-refractivity contribution < 1.29 is 4.74 Å². The number of likely N-dealkylation sites (N-methyl/N-ethyl adjacent to an activating group) is 1. The molecule has 0 amide bonds.